The Morgan fingerprint density at radius 2 is 1.45 bits per heavy atom. The van der Waals surface area contributed by atoms with Gasteiger partial charge in [0.15, 0.2) is 0 Å². The predicted octanol–water partition coefficient (Wildman–Crippen LogP) is 2.77. The van der Waals surface area contributed by atoms with Gasteiger partial charge in [-0.15, -0.1) is 0 Å². The zero-order chi connectivity index (χ0) is 23.0. The smallest absolute Gasteiger partial charge is 0.282 e. The minimum atomic E-state index is -3.52. The Morgan fingerprint density at radius 1 is 0.818 bits per heavy atom. The van der Waals surface area contributed by atoms with E-state index in [1.807, 2.05) is 68.4 Å². The Labute approximate surface area is 195 Å². The third-order valence-corrected chi connectivity index (χ3v) is 8.17. The number of hydrogen-bond donors (Lipinski definition) is 0. The molecule has 5 rings (SSSR count). The molecule has 0 radical (unpaired) electrons. The summed E-state index contributed by atoms with van der Waals surface area (Å²) in [5.41, 5.74) is 2.81. The van der Waals surface area contributed by atoms with Crippen molar-refractivity contribution in [3.63, 3.8) is 0 Å². The van der Waals surface area contributed by atoms with Crippen LogP contribution in [0.3, 0.4) is 0 Å². The van der Waals surface area contributed by atoms with Gasteiger partial charge in [-0.3, -0.25) is 0 Å². The van der Waals surface area contributed by atoms with Gasteiger partial charge in [-0.2, -0.15) is 17.0 Å². The Morgan fingerprint density at radius 3 is 2.15 bits per heavy atom. The number of rotatable bonds is 4. The zero-order valence-corrected chi connectivity index (χ0v) is 19.8. The number of para-hydroxylation sites is 1. The van der Waals surface area contributed by atoms with Crippen molar-refractivity contribution in [3.8, 4) is 11.3 Å². The quantitative estimate of drug-likeness (QED) is 0.587. The fraction of sp³-hybridized carbons (Fsp3) is 0.417. The average Bonchev–Trinajstić information content (AvgIpc) is 2.83. The van der Waals surface area contributed by atoms with E-state index in [1.54, 1.807) is 8.61 Å². The number of ether oxygens (including phenoxy) is 1. The van der Waals surface area contributed by atoms with E-state index in [4.69, 9.17) is 14.7 Å². The third-order valence-electron chi connectivity index (χ3n) is 6.20. The van der Waals surface area contributed by atoms with Gasteiger partial charge in [-0.25, -0.2) is 9.97 Å². The summed E-state index contributed by atoms with van der Waals surface area (Å²) in [6.07, 6.45) is -0.209. The fourth-order valence-electron chi connectivity index (χ4n) is 4.62. The van der Waals surface area contributed by atoms with E-state index in [1.165, 1.54) is 0 Å². The molecule has 0 N–H and O–H groups in total. The molecular formula is C24H29N5O3S. The minimum absolute atomic E-state index is 0.104. The first-order chi connectivity index (χ1) is 15.9. The summed E-state index contributed by atoms with van der Waals surface area (Å²) < 4.78 is 35.3. The van der Waals surface area contributed by atoms with Crippen molar-refractivity contribution < 1.29 is 13.2 Å². The molecule has 0 unspecified atom stereocenters. The lowest BCUT2D eigenvalue weighted by Gasteiger charge is -2.40. The molecule has 2 aliphatic heterocycles. The highest BCUT2D eigenvalue weighted by Gasteiger charge is 2.37. The van der Waals surface area contributed by atoms with Gasteiger partial charge >= 0.3 is 0 Å². The summed E-state index contributed by atoms with van der Waals surface area (Å²) >= 11 is 0. The van der Waals surface area contributed by atoms with Crippen molar-refractivity contribution in [3.05, 3.63) is 54.6 Å². The van der Waals surface area contributed by atoms with Crippen LogP contribution in [0, 0.1) is 0 Å². The van der Waals surface area contributed by atoms with Crippen molar-refractivity contribution >= 4 is 27.1 Å². The maximum atomic E-state index is 13.2. The lowest BCUT2D eigenvalue weighted by Crippen LogP contribution is -2.57. The highest BCUT2D eigenvalue weighted by Crippen LogP contribution is 2.29. The zero-order valence-electron chi connectivity index (χ0n) is 19.0. The van der Waals surface area contributed by atoms with Gasteiger partial charge in [0.25, 0.3) is 10.2 Å². The SMILES string of the molecule is C[C@H]1CN(S(=O)(=O)N2CCN(c3nc(-c4ccccc4)c4ccccc4n3)CC2)C[C@H](C)O1. The van der Waals surface area contributed by atoms with E-state index < -0.39 is 10.2 Å². The summed E-state index contributed by atoms with van der Waals surface area (Å²) in [5.74, 6) is 0.637. The molecule has 0 aliphatic carbocycles. The summed E-state index contributed by atoms with van der Waals surface area (Å²) in [5, 5.41) is 1.00. The maximum Gasteiger partial charge on any atom is 0.282 e. The fourth-order valence-corrected chi connectivity index (χ4v) is 6.37. The number of nitrogens with zero attached hydrogens (tertiary/aromatic N) is 5. The molecule has 0 bridgehead atoms. The second-order valence-corrected chi connectivity index (χ2v) is 10.7. The Balaban J connectivity index is 1.38. The van der Waals surface area contributed by atoms with Crippen LogP contribution in [0.5, 0.6) is 0 Å². The lowest BCUT2D eigenvalue weighted by molar-refractivity contribution is -0.0455. The highest BCUT2D eigenvalue weighted by atomic mass is 32.2. The van der Waals surface area contributed by atoms with Gasteiger partial charge in [-0.05, 0) is 19.9 Å². The second-order valence-electron chi connectivity index (χ2n) is 8.72. The van der Waals surface area contributed by atoms with Gasteiger partial charge in [0.05, 0.1) is 23.4 Å². The first-order valence-electron chi connectivity index (χ1n) is 11.4. The van der Waals surface area contributed by atoms with Crippen LogP contribution in [-0.2, 0) is 14.9 Å². The number of morpholine rings is 1. The summed E-state index contributed by atoms with van der Waals surface area (Å²) in [4.78, 5) is 11.8. The van der Waals surface area contributed by atoms with Crippen LogP contribution >= 0.6 is 0 Å². The molecule has 3 aromatic rings. The van der Waals surface area contributed by atoms with Gasteiger partial charge in [0, 0.05) is 50.2 Å². The van der Waals surface area contributed by atoms with Gasteiger partial charge < -0.3 is 9.64 Å². The highest BCUT2D eigenvalue weighted by molar-refractivity contribution is 7.86. The molecule has 2 saturated heterocycles. The monoisotopic (exact) mass is 467 g/mol. The van der Waals surface area contributed by atoms with Crippen molar-refractivity contribution in [1.82, 2.24) is 18.6 Å². The van der Waals surface area contributed by atoms with Crippen molar-refractivity contribution in [2.75, 3.05) is 44.2 Å². The first-order valence-corrected chi connectivity index (χ1v) is 12.8. The van der Waals surface area contributed by atoms with E-state index in [9.17, 15) is 8.42 Å². The summed E-state index contributed by atoms with van der Waals surface area (Å²) in [6, 6.07) is 18.1. The molecular weight excluding hydrogens is 438 g/mol. The van der Waals surface area contributed by atoms with Crippen LogP contribution in [0.1, 0.15) is 13.8 Å². The molecule has 8 nitrogen and oxygen atoms in total. The van der Waals surface area contributed by atoms with Crippen molar-refractivity contribution in [2.45, 2.75) is 26.1 Å². The molecule has 33 heavy (non-hydrogen) atoms. The van der Waals surface area contributed by atoms with Crippen LogP contribution in [0.25, 0.3) is 22.2 Å². The number of anilines is 1. The maximum absolute atomic E-state index is 13.2. The third kappa shape index (κ3) is 4.46. The molecule has 2 aliphatic rings. The number of aromatic nitrogens is 2. The van der Waals surface area contributed by atoms with Crippen molar-refractivity contribution in [1.29, 1.82) is 0 Å². The standard InChI is InChI=1S/C24H29N5O3S/c1-18-16-29(17-19(2)32-18)33(30,31)28-14-12-27(13-15-28)24-25-22-11-7-6-10-21(22)23(26-24)20-8-4-3-5-9-20/h3-11,18-19H,12-17H2,1-2H3/t18-,19-/m0/s1. The molecule has 9 heteroatoms. The van der Waals surface area contributed by atoms with Crippen LogP contribution in [0.4, 0.5) is 5.95 Å². The number of benzene rings is 2. The average molecular weight is 468 g/mol. The predicted molar refractivity (Wildman–Crippen MR) is 129 cm³/mol. The van der Waals surface area contributed by atoms with E-state index >= 15 is 0 Å². The minimum Gasteiger partial charge on any atom is -0.373 e. The molecule has 2 atom stereocenters. The topological polar surface area (TPSA) is 78.9 Å². The molecule has 3 heterocycles. The Bertz CT molecular complexity index is 1220. The van der Waals surface area contributed by atoms with Gasteiger partial charge in [-0.1, -0.05) is 48.5 Å². The molecule has 1 aromatic heterocycles. The molecule has 2 fully saturated rings. The van der Waals surface area contributed by atoms with Crippen molar-refractivity contribution in [2.24, 2.45) is 0 Å². The number of piperazine rings is 1. The largest absolute Gasteiger partial charge is 0.373 e. The first kappa shape index (κ1) is 22.2. The van der Waals surface area contributed by atoms with E-state index in [-0.39, 0.29) is 12.2 Å². The molecule has 174 valence electrons. The summed E-state index contributed by atoms with van der Waals surface area (Å²) in [6.45, 7) is 6.50. The van der Waals surface area contributed by atoms with Gasteiger partial charge in [0.1, 0.15) is 0 Å². The summed E-state index contributed by atoms with van der Waals surface area (Å²) in [7, 11) is -3.52. The number of fused-ring (bicyclic) bond motifs is 1. The molecule has 0 amide bonds. The van der Waals surface area contributed by atoms with Crippen LogP contribution < -0.4 is 4.90 Å². The van der Waals surface area contributed by atoms with E-state index in [2.05, 4.69) is 4.90 Å². The Hall–Kier alpha value is -2.59. The Kier molecular flexibility index (Phi) is 6.05. The number of hydrogen-bond acceptors (Lipinski definition) is 6. The van der Waals surface area contributed by atoms with Gasteiger partial charge in [0.2, 0.25) is 5.95 Å². The molecule has 0 saturated carbocycles. The second kappa shape index (κ2) is 8.98. The molecule has 2 aromatic carbocycles. The van der Waals surface area contributed by atoms with E-state index in [0.717, 1.165) is 22.2 Å². The lowest BCUT2D eigenvalue weighted by atomic mass is 10.1. The van der Waals surface area contributed by atoms with Crippen LogP contribution in [0.2, 0.25) is 0 Å². The normalized spacial score (nSPS) is 23.2. The molecule has 0 spiro atoms. The van der Waals surface area contributed by atoms with Crippen LogP contribution in [0.15, 0.2) is 54.6 Å². The van der Waals surface area contributed by atoms with Crippen LogP contribution in [-0.4, -0.2) is 78.5 Å². The van der Waals surface area contributed by atoms with E-state index in [0.29, 0.717) is 45.2 Å².